The summed E-state index contributed by atoms with van der Waals surface area (Å²) in [6.07, 6.45) is 8.81. The van der Waals surface area contributed by atoms with Gasteiger partial charge in [-0.15, -0.1) is 0 Å². The van der Waals surface area contributed by atoms with E-state index in [1.807, 2.05) is 12.3 Å². The Bertz CT molecular complexity index is 451. The van der Waals surface area contributed by atoms with Crippen LogP contribution >= 0.6 is 0 Å². The summed E-state index contributed by atoms with van der Waals surface area (Å²) < 4.78 is 5.09. The Hall–Kier alpha value is -1.13. The first-order valence-corrected chi connectivity index (χ1v) is 8.30. The van der Waals surface area contributed by atoms with E-state index in [1.54, 1.807) is 7.11 Å². The van der Waals surface area contributed by atoms with Crippen molar-refractivity contribution < 1.29 is 4.74 Å². The van der Waals surface area contributed by atoms with Crippen LogP contribution in [0.1, 0.15) is 37.7 Å². The first kappa shape index (κ1) is 14.8. The molecule has 4 nitrogen and oxygen atoms in total. The van der Waals surface area contributed by atoms with Crippen molar-refractivity contribution in [1.82, 2.24) is 10.3 Å². The highest BCUT2D eigenvalue weighted by Crippen LogP contribution is 2.39. The summed E-state index contributed by atoms with van der Waals surface area (Å²) in [6.45, 7) is 3.69. The van der Waals surface area contributed by atoms with E-state index in [0.717, 1.165) is 31.7 Å². The van der Waals surface area contributed by atoms with Crippen molar-refractivity contribution >= 4 is 5.82 Å². The van der Waals surface area contributed by atoms with Gasteiger partial charge in [-0.2, -0.15) is 0 Å². The molecule has 1 saturated heterocycles. The molecule has 1 aromatic rings. The molecule has 1 N–H and O–H groups in total. The molecule has 2 fully saturated rings. The van der Waals surface area contributed by atoms with E-state index >= 15 is 0 Å². The zero-order valence-corrected chi connectivity index (χ0v) is 13.1. The van der Waals surface area contributed by atoms with Gasteiger partial charge < -0.3 is 15.0 Å². The Kier molecular flexibility index (Phi) is 5.09. The molecule has 4 heteroatoms. The predicted octanol–water partition coefficient (Wildman–Crippen LogP) is 2.59. The molecule has 1 aliphatic heterocycles. The number of piperidine rings is 1. The average Bonchev–Trinajstić information content (AvgIpc) is 3.00. The molecule has 0 amide bonds. The van der Waals surface area contributed by atoms with Crippen molar-refractivity contribution in [2.75, 3.05) is 31.7 Å². The minimum Gasteiger partial charge on any atom is -0.383 e. The quantitative estimate of drug-likeness (QED) is 0.817. The van der Waals surface area contributed by atoms with Gasteiger partial charge in [0.25, 0.3) is 0 Å². The summed E-state index contributed by atoms with van der Waals surface area (Å²) in [7, 11) is 1.74. The third-order valence-electron chi connectivity index (χ3n) is 4.93. The maximum Gasteiger partial charge on any atom is 0.133 e. The van der Waals surface area contributed by atoms with Crippen LogP contribution in [0.25, 0.3) is 0 Å². The fourth-order valence-corrected chi connectivity index (χ4v) is 3.94. The summed E-state index contributed by atoms with van der Waals surface area (Å²) >= 11 is 0. The third-order valence-corrected chi connectivity index (χ3v) is 4.93. The van der Waals surface area contributed by atoms with Crippen LogP contribution in [0.4, 0.5) is 5.82 Å². The van der Waals surface area contributed by atoms with Crippen LogP contribution in [-0.2, 0) is 11.3 Å². The number of nitrogens with zero attached hydrogens (tertiary/aromatic N) is 2. The molecule has 1 aliphatic carbocycles. The van der Waals surface area contributed by atoms with Gasteiger partial charge in [0.2, 0.25) is 0 Å². The van der Waals surface area contributed by atoms with E-state index in [4.69, 9.17) is 9.72 Å². The van der Waals surface area contributed by atoms with Gasteiger partial charge in [-0.25, -0.2) is 4.98 Å². The lowest BCUT2D eigenvalue weighted by molar-refractivity contribution is 0.199. The van der Waals surface area contributed by atoms with Gasteiger partial charge in [-0.05, 0) is 37.7 Å². The molecule has 116 valence electrons. The molecule has 0 spiro atoms. The van der Waals surface area contributed by atoms with Gasteiger partial charge in [0.05, 0.1) is 6.61 Å². The van der Waals surface area contributed by atoms with Crippen molar-refractivity contribution in [2.45, 2.75) is 44.7 Å². The van der Waals surface area contributed by atoms with Crippen LogP contribution in [0.3, 0.4) is 0 Å². The lowest BCUT2D eigenvalue weighted by Gasteiger charge is -2.39. The summed E-state index contributed by atoms with van der Waals surface area (Å²) in [5.41, 5.74) is 1.32. The Morgan fingerprint density at radius 1 is 1.33 bits per heavy atom. The van der Waals surface area contributed by atoms with E-state index in [2.05, 4.69) is 16.3 Å². The number of aromatic nitrogens is 1. The van der Waals surface area contributed by atoms with E-state index < -0.39 is 0 Å². The Morgan fingerprint density at radius 2 is 2.24 bits per heavy atom. The minimum atomic E-state index is 0.728. The average molecular weight is 289 g/mol. The number of ether oxygens (including phenoxy) is 1. The largest absolute Gasteiger partial charge is 0.383 e. The van der Waals surface area contributed by atoms with Gasteiger partial charge >= 0.3 is 0 Å². The van der Waals surface area contributed by atoms with Crippen LogP contribution in [0, 0.1) is 5.92 Å². The molecule has 0 radical (unpaired) electrons. The number of nitrogens with one attached hydrogen (secondary N) is 1. The maximum atomic E-state index is 5.09. The van der Waals surface area contributed by atoms with Gasteiger partial charge in [-0.1, -0.05) is 12.5 Å². The molecule has 2 atom stereocenters. The fourth-order valence-electron chi connectivity index (χ4n) is 3.94. The monoisotopic (exact) mass is 289 g/mol. The number of pyridine rings is 1. The van der Waals surface area contributed by atoms with Crippen LogP contribution in [0.2, 0.25) is 0 Å². The highest BCUT2D eigenvalue weighted by atomic mass is 16.5. The lowest BCUT2D eigenvalue weighted by Crippen LogP contribution is -2.43. The van der Waals surface area contributed by atoms with Gasteiger partial charge in [-0.3, -0.25) is 0 Å². The number of rotatable bonds is 6. The SMILES string of the molecule is COCCNCc1cccnc1N1CCCC2CCCC21. The second kappa shape index (κ2) is 7.23. The molecule has 2 aliphatic rings. The first-order valence-electron chi connectivity index (χ1n) is 8.30. The standard InChI is InChI=1S/C17H27N3O/c1-21-12-10-18-13-15-6-3-9-19-17(15)20-11-4-7-14-5-2-8-16(14)20/h3,6,9,14,16,18H,2,4-5,7-8,10-13H2,1H3. The maximum absolute atomic E-state index is 5.09. The zero-order valence-electron chi connectivity index (χ0n) is 13.1. The molecular weight excluding hydrogens is 262 g/mol. The lowest BCUT2D eigenvalue weighted by atomic mass is 9.91. The normalized spacial score (nSPS) is 25.1. The molecule has 3 rings (SSSR count). The van der Waals surface area contributed by atoms with E-state index in [-0.39, 0.29) is 0 Å². The number of anilines is 1. The van der Waals surface area contributed by atoms with Crippen molar-refractivity contribution in [2.24, 2.45) is 5.92 Å². The molecule has 21 heavy (non-hydrogen) atoms. The number of fused-ring (bicyclic) bond motifs is 1. The van der Waals surface area contributed by atoms with E-state index in [0.29, 0.717) is 0 Å². The topological polar surface area (TPSA) is 37.4 Å². The molecule has 1 aromatic heterocycles. The number of hydrogen-bond acceptors (Lipinski definition) is 4. The van der Waals surface area contributed by atoms with Crippen molar-refractivity contribution in [3.05, 3.63) is 23.9 Å². The Morgan fingerprint density at radius 3 is 3.14 bits per heavy atom. The Labute approximate surface area is 127 Å². The molecule has 2 heterocycles. The van der Waals surface area contributed by atoms with Gasteiger partial charge in [0.15, 0.2) is 0 Å². The zero-order chi connectivity index (χ0) is 14.5. The minimum absolute atomic E-state index is 0.728. The smallest absolute Gasteiger partial charge is 0.133 e. The van der Waals surface area contributed by atoms with Crippen molar-refractivity contribution in [3.8, 4) is 0 Å². The molecular formula is C17H27N3O. The summed E-state index contributed by atoms with van der Waals surface area (Å²) in [4.78, 5) is 7.31. The molecule has 0 aromatic carbocycles. The third kappa shape index (κ3) is 3.38. The predicted molar refractivity (Wildman–Crippen MR) is 85.5 cm³/mol. The van der Waals surface area contributed by atoms with Crippen molar-refractivity contribution in [3.63, 3.8) is 0 Å². The second-order valence-corrected chi connectivity index (χ2v) is 6.25. The van der Waals surface area contributed by atoms with Crippen LogP contribution < -0.4 is 10.2 Å². The molecule has 0 bridgehead atoms. The van der Waals surface area contributed by atoms with Gasteiger partial charge in [0.1, 0.15) is 5.82 Å². The summed E-state index contributed by atoms with van der Waals surface area (Å²) in [5.74, 6) is 2.11. The first-order chi connectivity index (χ1) is 10.4. The number of methoxy groups -OCH3 is 1. The summed E-state index contributed by atoms with van der Waals surface area (Å²) in [6, 6.07) is 4.99. The highest BCUT2D eigenvalue weighted by molar-refractivity contribution is 5.48. The van der Waals surface area contributed by atoms with E-state index in [1.165, 1.54) is 50.0 Å². The van der Waals surface area contributed by atoms with Crippen LogP contribution in [-0.4, -0.2) is 37.8 Å². The Balaban J connectivity index is 1.71. The highest BCUT2D eigenvalue weighted by Gasteiger charge is 2.36. The summed E-state index contributed by atoms with van der Waals surface area (Å²) in [5, 5.41) is 3.45. The molecule has 1 saturated carbocycles. The fraction of sp³-hybridized carbons (Fsp3) is 0.706. The van der Waals surface area contributed by atoms with Crippen molar-refractivity contribution in [1.29, 1.82) is 0 Å². The van der Waals surface area contributed by atoms with E-state index in [9.17, 15) is 0 Å². The van der Waals surface area contributed by atoms with Crippen LogP contribution in [0.5, 0.6) is 0 Å². The number of hydrogen-bond donors (Lipinski definition) is 1. The van der Waals surface area contributed by atoms with Gasteiger partial charge in [0, 0.05) is 44.5 Å². The second-order valence-electron chi connectivity index (χ2n) is 6.25. The van der Waals surface area contributed by atoms with Crippen LogP contribution in [0.15, 0.2) is 18.3 Å². The molecule has 2 unspecified atom stereocenters.